The van der Waals surface area contributed by atoms with Crippen molar-refractivity contribution in [1.82, 2.24) is 0 Å². The average molecular weight is 520 g/mol. The molecule has 0 aromatic heterocycles. The Morgan fingerprint density at radius 1 is 0.769 bits per heavy atom. The van der Waals surface area contributed by atoms with Gasteiger partial charge in [-0.3, -0.25) is 0 Å². The molecule has 0 fully saturated rings. The summed E-state index contributed by atoms with van der Waals surface area (Å²) in [4.78, 5) is 3.92. The number of rotatable bonds is 3. The maximum atomic E-state index is 2.55. The van der Waals surface area contributed by atoms with E-state index in [0.29, 0.717) is 23.0 Å². The van der Waals surface area contributed by atoms with Crippen LogP contribution in [0, 0.1) is 11.8 Å². The van der Waals surface area contributed by atoms with E-state index in [2.05, 4.69) is 145 Å². The molecule has 0 saturated carbocycles. The molecule has 2 heteroatoms. The van der Waals surface area contributed by atoms with E-state index in [9.17, 15) is 0 Å². The molecular formula is C37H29NS. The Kier molecular flexibility index (Phi) is 5.31. The molecule has 3 aliphatic carbocycles. The van der Waals surface area contributed by atoms with Crippen LogP contribution in [0.15, 0.2) is 150 Å². The predicted octanol–water partition coefficient (Wildman–Crippen LogP) is 9.51. The van der Waals surface area contributed by atoms with Crippen LogP contribution >= 0.6 is 11.8 Å². The van der Waals surface area contributed by atoms with Crippen LogP contribution in [0.5, 0.6) is 0 Å². The normalized spacial score (nSPS) is 24.2. The van der Waals surface area contributed by atoms with Gasteiger partial charge in [-0.2, -0.15) is 0 Å². The van der Waals surface area contributed by atoms with Crippen LogP contribution in [-0.2, 0) is 0 Å². The van der Waals surface area contributed by atoms with E-state index in [1.807, 2.05) is 11.8 Å². The van der Waals surface area contributed by atoms with E-state index in [4.69, 9.17) is 0 Å². The van der Waals surface area contributed by atoms with Gasteiger partial charge in [0.05, 0.1) is 5.70 Å². The monoisotopic (exact) mass is 519 g/mol. The molecule has 0 N–H and O–H groups in total. The van der Waals surface area contributed by atoms with Crippen LogP contribution < -0.4 is 4.90 Å². The van der Waals surface area contributed by atoms with Crippen molar-refractivity contribution in [2.75, 3.05) is 4.90 Å². The van der Waals surface area contributed by atoms with Gasteiger partial charge in [0.25, 0.3) is 0 Å². The lowest BCUT2D eigenvalue weighted by molar-refractivity contribution is 0.576. The summed E-state index contributed by atoms with van der Waals surface area (Å²) in [7, 11) is 0. The van der Waals surface area contributed by atoms with E-state index >= 15 is 0 Å². The maximum Gasteiger partial charge on any atom is 0.0508 e. The van der Waals surface area contributed by atoms with Crippen molar-refractivity contribution in [3.8, 4) is 0 Å². The fraction of sp³-hybridized carbons (Fsp3) is 0.135. The molecule has 4 aromatic carbocycles. The van der Waals surface area contributed by atoms with Crippen LogP contribution in [0.4, 0.5) is 5.69 Å². The Hall–Kier alpha value is -4.01. The van der Waals surface area contributed by atoms with Crippen molar-refractivity contribution in [3.05, 3.63) is 161 Å². The van der Waals surface area contributed by atoms with Gasteiger partial charge in [0.15, 0.2) is 0 Å². The van der Waals surface area contributed by atoms with Gasteiger partial charge in [-0.15, -0.1) is 11.8 Å². The van der Waals surface area contributed by atoms with Crippen molar-refractivity contribution >= 4 is 33.9 Å². The van der Waals surface area contributed by atoms with Crippen molar-refractivity contribution in [1.29, 1.82) is 0 Å². The van der Waals surface area contributed by atoms with Gasteiger partial charge in [0, 0.05) is 38.9 Å². The quantitative estimate of drug-likeness (QED) is 0.265. The lowest BCUT2D eigenvalue weighted by Crippen LogP contribution is -2.29. The molecule has 188 valence electrons. The highest BCUT2D eigenvalue weighted by Gasteiger charge is 2.40. The fourth-order valence-electron chi connectivity index (χ4n) is 6.91. The minimum atomic E-state index is 0.349. The average Bonchev–Trinajstić information content (AvgIpc) is 3.37. The standard InChI is InChI=1S/C37H29NS/c1-24-21-28(22-26-12-6-7-15-29(24)26)38(27-13-3-2-4-14-27)33-23-35-37(32-18-10-9-17-31(32)33)36-30-16-8-5-11-25(30)19-20-34(36)39-35/h2-24,29,35,37H,1H3. The van der Waals surface area contributed by atoms with Crippen molar-refractivity contribution in [2.24, 2.45) is 11.8 Å². The summed E-state index contributed by atoms with van der Waals surface area (Å²) in [6.07, 6.45) is 16.4. The maximum absolute atomic E-state index is 2.55. The highest BCUT2D eigenvalue weighted by atomic mass is 32.2. The number of anilines is 1. The number of benzene rings is 4. The third-order valence-corrected chi connectivity index (χ3v) is 9.95. The number of thioether (sulfide) groups is 1. The summed E-state index contributed by atoms with van der Waals surface area (Å²) in [6, 6.07) is 33.5. The molecule has 4 aromatic rings. The molecule has 4 atom stereocenters. The molecule has 0 bridgehead atoms. The van der Waals surface area contributed by atoms with E-state index in [0.717, 1.165) is 0 Å². The molecule has 39 heavy (non-hydrogen) atoms. The molecule has 1 heterocycles. The highest BCUT2D eigenvalue weighted by molar-refractivity contribution is 8.00. The zero-order valence-corrected chi connectivity index (χ0v) is 22.7. The third kappa shape index (κ3) is 3.62. The zero-order valence-electron chi connectivity index (χ0n) is 21.9. The molecule has 4 aliphatic rings. The van der Waals surface area contributed by atoms with Gasteiger partial charge in [-0.25, -0.2) is 0 Å². The van der Waals surface area contributed by atoms with Crippen molar-refractivity contribution in [2.45, 2.75) is 23.0 Å². The summed E-state index contributed by atoms with van der Waals surface area (Å²) in [5, 5.41) is 3.06. The smallest absolute Gasteiger partial charge is 0.0508 e. The lowest BCUT2D eigenvalue weighted by Gasteiger charge is -2.38. The van der Waals surface area contributed by atoms with Gasteiger partial charge < -0.3 is 4.90 Å². The lowest BCUT2D eigenvalue weighted by atomic mass is 9.78. The summed E-state index contributed by atoms with van der Waals surface area (Å²) >= 11 is 2.02. The highest BCUT2D eigenvalue weighted by Crippen LogP contribution is 2.56. The zero-order chi connectivity index (χ0) is 25.9. The van der Waals surface area contributed by atoms with E-state index in [1.54, 1.807) is 0 Å². The second-order valence-electron chi connectivity index (χ2n) is 10.9. The van der Waals surface area contributed by atoms with Crippen LogP contribution in [0.25, 0.3) is 16.5 Å². The summed E-state index contributed by atoms with van der Waals surface area (Å²) in [5.74, 6) is 1.22. The van der Waals surface area contributed by atoms with Crippen molar-refractivity contribution < 1.29 is 0 Å². The van der Waals surface area contributed by atoms with Gasteiger partial charge >= 0.3 is 0 Å². The van der Waals surface area contributed by atoms with Crippen LogP contribution in [0.2, 0.25) is 0 Å². The minimum absolute atomic E-state index is 0.349. The third-order valence-electron chi connectivity index (χ3n) is 8.66. The number of fused-ring (bicyclic) bond motifs is 8. The van der Waals surface area contributed by atoms with Gasteiger partial charge in [-0.1, -0.05) is 110 Å². The number of hydrogen-bond donors (Lipinski definition) is 0. The Morgan fingerprint density at radius 3 is 2.51 bits per heavy atom. The molecule has 4 unspecified atom stereocenters. The molecule has 0 amide bonds. The van der Waals surface area contributed by atoms with Gasteiger partial charge in [-0.05, 0) is 63.7 Å². The van der Waals surface area contributed by atoms with Crippen LogP contribution in [0.3, 0.4) is 0 Å². The minimum Gasteiger partial charge on any atom is -0.310 e. The fourth-order valence-corrected chi connectivity index (χ4v) is 8.33. The van der Waals surface area contributed by atoms with Crippen molar-refractivity contribution in [3.63, 3.8) is 0 Å². The first kappa shape index (κ1) is 22.9. The number of para-hydroxylation sites is 1. The van der Waals surface area contributed by atoms with E-state index in [-0.39, 0.29) is 0 Å². The Balaban J connectivity index is 1.32. The Morgan fingerprint density at radius 2 is 1.59 bits per heavy atom. The Bertz CT molecular complexity index is 1770. The number of nitrogens with zero attached hydrogens (tertiary/aromatic N) is 1. The molecule has 0 radical (unpaired) electrons. The number of allylic oxidation sites excluding steroid dienone is 7. The molecular weight excluding hydrogens is 490 g/mol. The number of hydrogen-bond acceptors (Lipinski definition) is 2. The van der Waals surface area contributed by atoms with E-state index in [1.165, 1.54) is 55.0 Å². The van der Waals surface area contributed by atoms with Gasteiger partial charge in [0.2, 0.25) is 0 Å². The molecule has 1 aliphatic heterocycles. The first-order valence-corrected chi connectivity index (χ1v) is 14.8. The van der Waals surface area contributed by atoms with E-state index < -0.39 is 0 Å². The second-order valence-corrected chi connectivity index (χ2v) is 12.2. The summed E-state index contributed by atoms with van der Waals surface area (Å²) in [5.41, 5.74) is 9.38. The SMILES string of the molecule is CC1C=C(N(C2=CC3Sc4ccc5ccccc5c4C3c3ccccc32)c2ccccc2)C=C2C=CC=CC21. The second kappa shape index (κ2) is 9.03. The largest absolute Gasteiger partial charge is 0.310 e. The van der Waals surface area contributed by atoms with Crippen LogP contribution in [-0.4, -0.2) is 5.25 Å². The molecule has 0 saturated heterocycles. The summed E-state index contributed by atoms with van der Waals surface area (Å²) in [6.45, 7) is 2.35. The molecule has 1 nitrogen and oxygen atoms in total. The predicted molar refractivity (Wildman–Crippen MR) is 166 cm³/mol. The first-order valence-electron chi connectivity index (χ1n) is 13.9. The van der Waals surface area contributed by atoms with Gasteiger partial charge in [0.1, 0.15) is 0 Å². The topological polar surface area (TPSA) is 3.24 Å². The Labute approximate surface area is 234 Å². The van der Waals surface area contributed by atoms with Crippen LogP contribution in [0.1, 0.15) is 29.5 Å². The summed E-state index contributed by atoms with van der Waals surface area (Å²) < 4.78 is 0. The first-order chi connectivity index (χ1) is 19.3. The molecule has 8 rings (SSSR count). The molecule has 0 spiro atoms.